The maximum atomic E-state index is 13.0. The smallest absolute Gasteiger partial charge is 0.416 e. The molecule has 0 radical (unpaired) electrons. The van der Waals surface area contributed by atoms with E-state index >= 15 is 0 Å². The third-order valence-electron chi connectivity index (χ3n) is 5.26. The van der Waals surface area contributed by atoms with E-state index in [2.05, 4.69) is 10.2 Å². The van der Waals surface area contributed by atoms with Crippen LogP contribution >= 0.6 is 0 Å². The number of anilines is 1. The van der Waals surface area contributed by atoms with E-state index in [1.54, 1.807) is 0 Å². The predicted octanol–water partition coefficient (Wildman–Crippen LogP) is 4.22. The Labute approximate surface area is 145 Å². The summed E-state index contributed by atoms with van der Waals surface area (Å²) in [6, 6.07) is 3.04. The maximum Gasteiger partial charge on any atom is 0.416 e. The summed E-state index contributed by atoms with van der Waals surface area (Å²) in [4.78, 5) is 13.8. The highest BCUT2D eigenvalue weighted by molar-refractivity contribution is 5.94. The van der Waals surface area contributed by atoms with Crippen LogP contribution in [0.15, 0.2) is 18.2 Å². The molecule has 25 heavy (non-hydrogen) atoms. The molecule has 1 saturated heterocycles. The Hall–Kier alpha value is -1.76. The third kappa shape index (κ3) is 4.08. The summed E-state index contributed by atoms with van der Waals surface area (Å²) in [6.07, 6.45) is 1.75. The number of hydrogen-bond acceptors (Lipinski definition) is 3. The number of carboxylic acid groups (broad SMARTS) is 1. The van der Waals surface area contributed by atoms with E-state index in [0.29, 0.717) is 0 Å². The number of likely N-dealkylation sites (tertiary alicyclic amines) is 1. The molecule has 138 valence electrons. The lowest BCUT2D eigenvalue weighted by Crippen LogP contribution is -2.47. The van der Waals surface area contributed by atoms with Crippen molar-refractivity contribution in [2.75, 3.05) is 18.4 Å². The average Bonchev–Trinajstić information content (AvgIpc) is 3.08. The van der Waals surface area contributed by atoms with E-state index in [0.717, 1.165) is 69.8 Å². The van der Waals surface area contributed by atoms with Gasteiger partial charge in [-0.15, -0.1) is 0 Å². The second-order valence-corrected chi connectivity index (χ2v) is 6.91. The lowest BCUT2D eigenvalue weighted by Gasteiger charge is -2.39. The summed E-state index contributed by atoms with van der Waals surface area (Å²) in [6.45, 7) is 2.02. The van der Waals surface area contributed by atoms with Crippen LogP contribution in [-0.2, 0) is 6.18 Å². The Kier molecular flexibility index (Phi) is 5.22. The molecule has 3 rings (SSSR count). The first-order chi connectivity index (χ1) is 11.9. The fourth-order valence-corrected chi connectivity index (χ4v) is 4.02. The number of hydrogen-bond donors (Lipinski definition) is 2. The number of nitrogens with one attached hydrogen (secondary N) is 1. The van der Waals surface area contributed by atoms with Crippen molar-refractivity contribution in [3.63, 3.8) is 0 Å². The third-order valence-corrected chi connectivity index (χ3v) is 5.26. The van der Waals surface area contributed by atoms with Gasteiger partial charge in [-0.05, 0) is 57.0 Å². The van der Waals surface area contributed by atoms with Gasteiger partial charge in [-0.3, -0.25) is 4.90 Å². The predicted molar refractivity (Wildman–Crippen MR) is 88.9 cm³/mol. The number of rotatable bonds is 4. The molecular weight excluding hydrogens is 333 g/mol. The first-order valence-corrected chi connectivity index (χ1v) is 8.81. The van der Waals surface area contributed by atoms with Gasteiger partial charge >= 0.3 is 12.1 Å². The molecule has 1 aliphatic heterocycles. The Morgan fingerprint density at radius 3 is 2.44 bits per heavy atom. The normalized spacial score (nSPS) is 25.1. The lowest BCUT2D eigenvalue weighted by molar-refractivity contribution is -0.137. The minimum Gasteiger partial charge on any atom is -0.478 e. The monoisotopic (exact) mass is 356 g/mol. The molecule has 0 spiro atoms. The van der Waals surface area contributed by atoms with Crippen LogP contribution in [-0.4, -0.2) is 41.1 Å². The molecule has 1 aromatic rings. The average molecular weight is 356 g/mol. The zero-order valence-corrected chi connectivity index (χ0v) is 14.0. The number of carboxylic acids is 1. The van der Waals surface area contributed by atoms with Crippen molar-refractivity contribution in [1.82, 2.24) is 4.90 Å². The van der Waals surface area contributed by atoms with E-state index in [9.17, 15) is 23.1 Å². The molecule has 0 amide bonds. The molecule has 1 aliphatic carbocycles. The van der Waals surface area contributed by atoms with Gasteiger partial charge in [-0.25, -0.2) is 4.79 Å². The molecule has 2 N–H and O–H groups in total. The van der Waals surface area contributed by atoms with E-state index in [1.807, 2.05) is 0 Å². The SMILES string of the molecule is O=C(O)c1ccc(C(F)(F)F)cc1N[C@H]1CCCC[C@@H]1N1CCCC1. The topological polar surface area (TPSA) is 52.6 Å². The Morgan fingerprint density at radius 1 is 1.12 bits per heavy atom. The van der Waals surface area contributed by atoms with Crippen LogP contribution in [0.3, 0.4) is 0 Å². The Morgan fingerprint density at radius 2 is 1.80 bits per heavy atom. The van der Waals surface area contributed by atoms with E-state index in [-0.39, 0.29) is 23.3 Å². The molecule has 2 atom stereocenters. The molecule has 7 heteroatoms. The fraction of sp³-hybridized carbons (Fsp3) is 0.611. The largest absolute Gasteiger partial charge is 0.478 e. The van der Waals surface area contributed by atoms with Gasteiger partial charge in [-0.2, -0.15) is 13.2 Å². The van der Waals surface area contributed by atoms with Gasteiger partial charge < -0.3 is 10.4 Å². The van der Waals surface area contributed by atoms with Crippen molar-refractivity contribution in [3.8, 4) is 0 Å². The number of alkyl halides is 3. The number of carbonyl (C=O) groups is 1. The zero-order valence-electron chi connectivity index (χ0n) is 14.0. The van der Waals surface area contributed by atoms with E-state index in [1.165, 1.54) is 0 Å². The van der Waals surface area contributed by atoms with Gasteiger partial charge in [0.05, 0.1) is 11.1 Å². The van der Waals surface area contributed by atoms with E-state index in [4.69, 9.17) is 0 Å². The van der Waals surface area contributed by atoms with Gasteiger partial charge in [0.1, 0.15) is 0 Å². The minimum atomic E-state index is -4.49. The molecule has 0 unspecified atom stereocenters. The van der Waals surface area contributed by atoms with Crippen molar-refractivity contribution >= 4 is 11.7 Å². The van der Waals surface area contributed by atoms with Crippen LogP contribution < -0.4 is 5.32 Å². The van der Waals surface area contributed by atoms with Crippen LogP contribution in [0.5, 0.6) is 0 Å². The van der Waals surface area contributed by atoms with Gasteiger partial charge in [0, 0.05) is 17.8 Å². The zero-order chi connectivity index (χ0) is 18.0. The molecule has 0 aromatic heterocycles. The molecule has 0 bridgehead atoms. The molecule has 4 nitrogen and oxygen atoms in total. The highest BCUT2D eigenvalue weighted by Gasteiger charge is 2.34. The fourth-order valence-electron chi connectivity index (χ4n) is 4.02. The Balaban J connectivity index is 1.87. The molecule has 2 aliphatic rings. The van der Waals surface area contributed by atoms with Crippen molar-refractivity contribution in [3.05, 3.63) is 29.3 Å². The van der Waals surface area contributed by atoms with E-state index < -0.39 is 17.7 Å². The summed E-state index contributed by atoms with van der Waals surface area (Å²) < 4.78 is 39.1. The van der Waals surface area contributed by atoms with Gasteiger partial charge in [0.15, 0.2) is 0 Å². The highest BCUT2D eigenvalue weighted by atomic mass is 19.4. The highest BCUT2D eigenvalue weighted by Crippen LogP contribution is 2.34. The van der Waals surface area contributed by atoms with Crippen LogP contribution in [0.4, 0.5) is 18.9 Å². The number of benzene rings is 1. The second kappa shape index (κ2) is 7.23. The maximum absolute atomic E-state index is 13.0. The van der Waals surface area contributed by atoms with Gasteiger partial charge in [-0.1, -0.05) is 12.8 Å². The molecular formula is C18H23F3N2O2. The first kappa shape index (κ1) is 18.0. The van der Waals surface area contributed by atoms with Crippen molar-refractivity contribution in [2.24, 2.45) is 0 Å². The first-order valence-electron chi connectivity index (χ1n) is 8.81. The number of halogens is 3. The molecule has 2 fully saturated rings. The van der Waals surface area contributed by atoms with Gasteiger partial charge in [0.25, 0.3) is 0 Å². The Bertz CT molecular complexity index is 627. The molecule has 1 aromatic carbocycles. The summed E-state index contributed by atoms with van der Waals surface area (Å²) >= 11 is 0. The number of aromatic carboxylic acids is 1. The summed E-state index contributed by atoms with van der Waals surface area (Å²) in [5.41, 5.74) is -0.870. The standard InChI is InChI=1S/C18H23F3N2O2/c19-18(20,21)12-7-8-13(17(24)25)15(11-12)22-14-5-1-2-6-16(14)23-9-3-4-10-23/h7-8,11,14,16,22H,1-6,9-10H2,(H,24,25)/t14-,16-/m0/s1. The number of nitrogens with zero attached hydrogens (tertiary/aromatic N) is 1. The van der Waals surface area contributed by atoms with Crippen LogP contribution in [0, 0.1) is 0 Å². The summed E-state index contributed by atoms with van der Waals surface area (Å²) in [5.74, 6) is -1.22. The quantitative estimate of drug-likeness (QED) is 0.848. The second-order valence-electron chi connectivity index (χ2n) is 6.91. The lowest BCUT2D eigenvalue weighted by atomic mass is 9.88. The van der Waals surface area contributed by atoms with Crippen molar-refractivity contribution in [1.29, 1.82) is 0 Å². The minimum absolute atomic E-state index is 0.0200. The van der Waals surface area contributed by atoms with Crippen LogP contribution in [0.1, 0.15) is 54.4 Å². The summed E-state index contributed by atoms with van der Waals surface area (Å²) in [7, 11) is 0. The van der Waals surface area contributed by atoms with Crippen molar-refractivity contribution < 1.29 is 23.1 Å². The van der Waals surface area contributed by atoms with Gasteiger partial charge in [0.2, 0.25) is 0 Å². The van der Waals surface area contributed by atoms with Crippen LogP contribution in [0.25, 0.3) is 0 Å². The van der Waals surface area contributed by atoms with Crippen LogP contribution in [0.2, 0.25) is 0 Å². The molecule has 1 heterocycles. The molecule has 1 saturated carbocycles. The van der Waals surface area contributed by atoms with Crippen molar-refractivity contribution in [2.45, 2.75) is 56.8 Å². The summed E-state index contributed by atoms with van der Waals surface area (Å²) in [5, 5.41) is 12.5.